The zero-order valence-corrected chi connectivity index (χ0v) is 11.5. The van der Waals surface area contributed by atoms with Crippen LogP contribution in [0.2, 0.25) is 0 Å². The standard InChI is InChI=1S/C13H11FN2O4S/c14-11-2-1-10(13(17)18)7-12(11)21(19,20)16-8-9-3-5-15-6-4-9/h1-7,16H,8H2,(H,17,18). The topological polar surface area (TPSA) is 96.4 Å². The average molecular weight is 310 g/mol. The Balaban J connectivity index is 2.27. The zero-order valence-electron chi connectivity index (χ0n) is 10.7. The Kier molecular flexibility index (Phi) is 4.29. The molecule has 2 aromatic rings. The lowest BCUT2D eigenvalue weighted by molar-refractivity contribution is 0.0696. The second kappa shape index (κ2) is 5.98. The molecule has 110 valence electrons. The highest BCUT2D eigenvalue weighted by atomic mass is 32.2. The monoisotopic (exact) mass is 310 g/mol. The molecule has 0 unspecified atom stereocenters. The van der Waals surface area contributed by atoms with Crippen molar-refractivity contribution in [2.75, 3.05) is 0 Å². The SMILES string of the molecule is O=C(O)c1ccc(F)c(S(=O)(=O)NCc2ccncc2)c1. The Bertz CT molecular complexity index is 763. The largest absolute Gasteiger partial charge is 0.478 e. The van der Waals surface area contributed by atoms with Gasteiger partial charge in [-0.3, -0.25) is 4.98 Å². The molecule has 0 atom stereocenters. The van der Waals surface area contributed by atoms with E-state index in [1.54, 1.807) is 12.1 Å². The lowest BCUT2D eigenvalue weighted by Gasteiger charge is -2.08. The Morgan fingerprint density at radius 1 is 1.24 bits per heavy atom. The van der Waals surface area contributed by atoms with E-state index in [4.69, 9.17) is 5.11 Å². The molecule has 0 aliphatic rings. The molecule has 0 aliphatic heterocycles. The maximum atomic E-state index is 13.6. The lowest BCUT2D eigenvalue weighted by atomic mass is 10.2. The number of carbonyl (C=O) groups is 1. The summed E-state index contributed by atoms with van der Waals surface area (Å²) in [6.45, 7) is -0.0540. The molecule has 2 rings (SSSR count). The molecule has 6 nitrogen and oxygen atoms in total. The summed E-state index contributed by atoms with van der Waals surface area (Å²) in [5.41, 5.74) is 0.337. The molecule has 0 fully saturated rings. The van der Waals surface area contributed by atoms with Crippen LogP contribution >= 0.6 is 0 Å². The van der Waals surface area contributed by atoms with Crippen LogP contribution in [-0.4, -0.2) is 24.5 Å². The third-order valence-corrected chi connectivity index (χ3v) is 4.10. The molecule has 0 aliphatic carbocycles. The van der Waals surface area contributed by atoms with Crippen molar-refractivity contribution < 1.29 is 22.7 Å². The van der Waals surface area contributed by atoms with Crippen LogP contribution in [0.5, 0.6) is 0 Å². The number of nitrogens with one attached hydrogen (secondary N) is 1. The Morgan fingerprint density at radius 2 is 1.90 bits per heavy atom. The zero-order chi connectivity index (χ0) is 15.5. The molecule has 0 spiro atoms. The van der Waals surface area contributed by atoms with Crippen molar-refractivity contribution in [2.24, 2.45) is 0 Å². The lowest BCUT2D eigenvalue weighted by Crippen LogP contribution is -2.24. The summed E-state index contributed by atoms with van der Waals surface area (Å²) >= 11 is 0. The Hall–Kier alpha value is -2.32. The fourth-order valence-corrected chi connectivity index (χ4v) is 2.72. The molecular weight excluding hydrogens is 299 g/mol. The van der Waals surface area contributed by atoms with Crippen LogP contribution < -0.4 is 4.72 Å². The molecule has 1 aromatic heterocycles. The van der Waals surface area contributed by atoms with E-state index in [0.717, 1.165) is 18.2 Å². The Morgan fingerprint density at radius 3 is 2.52 bits per heavy atom. The maximum absolute atomic E-state index is 13.6. The van der Waals surface area contributed by atoms with E-state index in [2.05, 4.69) is 9.71 Å². The molecule has 8 heteroatoms. The number of hydrogen-bond acceptors (Lipinski definition) is 4. The number of aromatic carboxylic acids is 1. The average Bonchev–Trinajstić information content (AvgIpc) is 2.46. The summed E-state index contributed by atoms with van der Waals surface area (Å²) in [5, 5.41) is 8.83. The van der Waals surface area contributed by atoms with Gasteiger partial charge in [0, 0.05) is 18.9 Å². The van der Waals surface area contributed by atoms with E-state index in [0.29, 0.717) is 5.56 Å². The fraction of sp³-hybridized carbons (Fsp3) is 0.0769. The fourth-order valence-electron chi connectivity index (χ4n) is 1.60. The predicted molar refractivity (Wildman–Crippen MR) is 71.6 cm³/mol. The van der Waals surface area contributed by atoms with E-state index in [9.17, 15) is 17.6 Å². The van der Waals surface area contributed by atoms with E-state index < -0.39 is 26.7 Å². The number of rotatable bonds is 5. The van der Waals surface area contributed by atoms with Crippen molar-refractivity contribution in [1.82, 2.24) is 9.71 Å². The van der Waals surface area contributed by atoms with Crippen molar-refractivity contribution in [3.8, 4) is 0 Å². The van der Waals surface area contributed by atoms with Crippen LogP contribution in [0.3, 0.4) is 0 Å². The van der Waals surface area contributed by atoms with Crippen LogP contribution in [0, 0.1) is 5.82 Å². The quantitative estimate of drug-likeness (QED) is 0.870. The summed E-state index contributed by atoms with van der Waals surface area (Å²) in [6, 6.07) is 5.80. The normalized spacial score (nSPS) is 11.3. The number of benzene rings is 1. The number of aromatic nitrogens is 1. The van der Waals surface area contributed by atoms with Gasteiger partial charge < -0.3 is 5.11 Å². The van der Waals surface area contributed by atoms with Gasteiger partial charge in [-0.05, 0) is 35.9 Å². The van der Waals surface area contributed by atoms with Crippen LogP contribution in [0.1, 0.15) is 15.9 Å². The Labute approximate surface area is 120 Å². The summed E-state index contributed by atoms with van der Waals surface area (Å²) < 4.78 is 39.9. The van der Waals surface area contributed by atoms with Crippen molar-refractivity contribution in [3.05, 3.63) is 59.7 Å². The van der Waals surface area contributed by atoms with E-state index in [1.807, 2.05) is 0 Å². The summed E-state index contributed by atoms with van der Waals surface area (Å²) in [5.74, 6) is -2.34. The van der Waals surface area contributed by atoms with Gasteiger partial charge in [-0.15, -0.1) is 0 Å². The third kappa shape index (κ3) is 3.61. The highest BCUT2D eigenvalue weighted by molar-refractivity contribution is 7.89. The first-order valence-electron chi connectivity index (χ1n) is 5.81. The molecule has 1 aromatic carbocycles. The summed E-state index contributed by atoms with van der Waals surface area (Å²) in [7, 11) is -4.15. The van der Waals surface area contributed by atoms with Gasteiger partial charge in [0.25, 0.3) is 0 Å². The highest BCUT2D eigenvalue weighted by Gasteiger charge is 2.20. The van der Waals surface area contributed by atoms with Gasteiger partial charge in [-0.25, -0.2) is 22.3 Å². The van der Waals surface area contributed by atoms with Crippen molar-refractivity contribution in [3.63, 3.8) is 0 Å². The molecule has 0 saturated heterocycles. The van der Waals surface area contributed by atoms with E-state index in [1.165, 1.54) is 12.4 Å². The van der Waals surface area contributed by atoms with Crippen molar-refractivity contribution >= 4 is 16.0 Å². The van der Waals surface area contributed by atoms with Gasteiger partial charge in [0.1, 0.15) is 10.7 Å². The molecule has 0 radical (unpaired) electrons. The number of hydrogen-bond donors (Lipinski definition) is 2. The van der Waals surface area contributed by atoms with Crippen molar-refractivity contribution in [1.29, 1.82) is 0 Å². The number of nitrogens with zero attached hydrogens (tertiary/aromatic N) is 1. The summed E-state index contributed by atoms with van der Waals surface area (Å²) in [4.78, 5) is 13.9. The number of carboxylic acid groups (broad SMARTS) is 1. The molecule has 1 heterocycles. The predicted octanol–water partition coefficient (Wildman–Crippen LogP) is 1.40. The molecule has 0 bridgehead atoms. The minimum atomic E-state index is -4.15. The van der Waals surface area contributed by atoms with Gasteiger partial charge in [0.15, 0.2) is 0 Å². The number of halogens is 1. The second-order valence-corrected chi connectivity index (χ2v) is 5.87. The number of carboxylic acids is 1. The number of sulfonamides is 1. The van der Waals surface area contributed by atoms with E-state index >= 15 is 0 Å². The molecule has 0 amide bonds. The van der Waals surface area contributed by atoms with Gasteiger partial charge in [0.2, 0.25) is 10.0 Å². The van der Waals surface area contributed by atoms with Crippen LogP contribution in [0.4, 0.5) is 4.39 Å². The van der Waals surface area contributed by atoms with Crippen LogP contribution in [0.15, 0.2) is 47.6 Å². The van der Waals surface area contributed by atoms with Gasteiger partial charge in [0.05, 0.1) is 5.56 Å². The first kappa shape index (κ1) is 15.1. The van der Waals surface area contributed by atoms with Gasteiger partial charge in [-0.2, -0.15) is 0 Å². The molecular formula is C13H11FN2O4S. The minimum absolute atomic E-state index is 0.0540. The second-order valence-electron chi connectivity index (χ2n) is 4.13. The minimum Gasteiger partial charge on any atom is -0.478 e. The van der Waals surface area contributed by atoms with Gasteiger partial charge >= 0.3 is 5.97 Å². The molecule has 21 heavy (non-hydrogen) atoms. The van der Waals surface area contributed by atoms with Crippen molar-refractivity contribution in [2.45, 2.75) is 11.4 Å². The van der Waals surface area contributed by atoms with E-state index in [-0.39, 0.29) is 12.1 Å². The van der Waals surface area contributed by atoms with Crippen LogP contribution in [-0.2, 0) is 16.6 Å². The first-order valence-corrected chi connectivity index (χ1v) is 7.30. The van der Waals surface area contributed by atoms with Gasteiger partial charge in [-0.1, -0.05) is 0 Å². The smallest absolute Gasteiger partial charge is 0.335 e. The highest BCUT2D eigenvalue weighted by Crippen LogP contribution is 2.17. The molecule has 0 saturated carbocycles. The summed E-state index contributed by atoms with van der Waals surface area (Å²) in [6.07, 6.45) is 2.99. The first-order chi connectivity index (χ1) is 9.90. The maximum Gasteiger partial charge on any atom is 0.335 e. The van der Waals surface area contributed by atoms with Crippen LogP contribution in [0.25, 0.3) is 0 Å². The molecule has 2 N–H and O–H groups in total. The third-order valence-electron chi connectivity index (χ3n) is 2.68. The number of pyridine rings is 1.